The molecule has 0 bridgehead atoms. The molecule has 1 saturated heterocycles. The van der Waals surface area contributed by atoms with Gasteiger partial charge in [-0.05, 0) is 31.3 Å². The molecule has 16 heavy (non-hydrogen) atoms. The Hall–Kier alpha value is -1.75. The molecule has 0 radical (unpaired) electrons. The van der Waals surface area contributed by atoms with Crippen molar-refractivity contribution in [1.29, 1.82) is 0 Å². The fraction of sp³-hybridized carbons (Fsp3) is 0.182. The summed E-state index contributed by atoms with van der Waals surface area (Å²) in [5.41, 5.74) is 1.52. The van der Waals surface area contributed by atoms with Gasteiger partial charge in [-0.3, -0.25) is 9.59 Å². The van der Waals surface area contributed by atoms with Crippen LogP contribution in [0.5, 0.6) is 0 Å². The fourth-order valence-corrected chi connectivity index (χ4v) is 1.71. The molecule has 1 aromatic carbocycles. The molecule has 2 amide bonds. The number of carbonyl (C=O) groups is 2. The Morgan fingerprint density at radius 1 is 1.38 bits per heavy atom. The average molecular weight is 234 g/mol. The largest absolute Gasteiger partial charge is 0.353 e. The van der Waals surface area contributed by atoms with Gasteiger partial charge in [-0.1, -0.05) is 17.7 Å². The number of nitrogens with one attached hydrogen (secondary N) is 1. The summed E-state index contributed by atoms with van der Waals surface area (Å²) >= 11 is 4.89. The molecule has 1 heterocycles. The third kappa shape index (κ3) is 1.81. The molecule has 0 saturated carbocycles. The average Bonchev–Trinajstić information content (AvgIpc) is 2.59. The molecule has 2 rings (SSSR count). The summed E-state index contributed by atoms with van der Waals surface area (Å²) < 4.78 is 0. The van der Waals surface area contributed by atoms with E-state index in [4.69, 9.17) is 12.2 Å². The van der Waals surface area contributed by atoms with Crippen LogP contribution in [0.4, 0.5) is 0 Å². The highest BCUT2D eigenvalue weighted by Crippen LogP contribution is 2.10. The lowest BCUT2D eigenvalue weighted by atomic mass is 10.1. The van der Waals surface area contributed by atoms with E-state index in [1.54, 1.807) is 12.1 Å². The standard InChI is InChI=1S/C11H10N2O2S/c1-7-2-4-8(5-3-7)10(15)13-9(14)6-12-11(13)16/h2-5H,6H2,1H3,(H,12,16). The van der Waals surface area contributed by atoms with Gasteiger partial charge >= 0.3 is 0 Å². The van der Waals surface area contributed by atoms with Crippen molar-refractivity contribution in [2.75, 3.05) is 6.54 Å². The van der Waals surface area contributed by atoms with Crippen LogP contribution in [-0.4, -0.2) is 28.4 Å². The van der Waals surface area contributed by atoms with Crippen molar-refractivity contribution >= 4 is 29.1 Å². The van der Waals surface area contributed by atoms with Crippen molar-refractivity contribution in [3.63, 3.8) is 0 Å². The highest BCUT2D eigenvalue weighted by molar-refractivity contribution is 7.80. The zero-order valence-corrected chi connectivity index (χ0v) is 9.50. The summed E-state index contributed by atoms with van der Waals surface area (Å²) in [5, 5.41) is 2.84. The zero-order chi connectivity index (χ0) is 11.7. The maximum Gasteiger partial charge on any atom is 0.266 e. The number of imide groups is 1. The van der Waals surface area contributed by atoms with Gasteiger partial charge in [0.2, 0.25) is 0 Å². The minimum absolute atomic E-state index is 0.0937. The first kappa shape index (κ1) is 10.8. The summed E-state index contributed by atoms with van der Waals surface area (Å²) in [6.45, 7) is 2.03. The Kier molecular flexibility index (Phi) is 2.70. The molecule has 82 valence electrons. The third-order valence-electron chi connectivity index (χ3n) is 2.34. The number of benzene rings is 1. The van der Waals surface area contributed by atoms with Gasteiger partial charge in [-0.25, -0.2) is 4.90 Å². The van der Waals surface area contributed by atoms with E-state index in [1.807, 2.05) is 19.1 Å². The van der Waals surface area contributed by atoms with Gasteiger partial charge in [0, 0.05) is 5.56 Å². The lowest BCUT2D eigenvalue weighted by Gasteiger charge is -2.12. The second-order valence-electron chi connectivity index (χ2n) is 3.56. The topological polar surface area (TPSA) is 49.4 Å². The van der Waals surface area contributed by atoms with E-state index in [0.717, 1.165) is 10.5 Å². The molecular weight excluding hydrogens is 224 g/mol. The van der Waals surface area contributed by atoms with Gasteiger partial charge in [-0.15, -0.1) is 0 Å². The Balaban J connectivity index is 2.28. The first-order chi connectivity index (χ1) is 7.59. The normalized spacial score (nSPS) is 15.2. The number of thiocarbonyl (C=S) groups is 1. The molecule has 1 N–H and O–H groups in total. The molecule has 0 unspecified atom stereocenters. The van der Waals surface area contributed by atoms with Crippen molar-refractivity contribution in [3.05, 3.63) is 35.4 Å². The predicted molar refractivity (Wildman–Crippen MR) is 63.0 cm³/mol. The van der Waals surface area contributed by atoms with Crippen LogP contribution in [0.15, 0.2) is 24.3 Å². The molecule has 0 spiro atoms. The fourth-order valence-electron chi connectivity index (χ4n) is 1.45. The molecule has 1 fully saturated rings. The number of hydrogen-bond acceptors (Lipinski definition) is 3. The van der Waals surface area contributed by atoms with E-state index in [0.29, 0.717) is 5.56 Å². The third-order valence-corrected chi connectivity index (χ3v) is 2.67. The summed E-state index contributed by atoms with van der Waals surface area (Å²) in [7, 11) is 0. The van der Waals surface area contributed by atoms with Crippen molar-refractivity contribution in [1.82, 2.24) is 10.2 Å². The molecule has 1 aromatic rings. The highest BCUT2D eigenvalue weighted by Gasteiger charge is 2.31. The van der Waals surface area contributed by atoms with E-state index in [2.05, 4.69) is 5.32 Å². The van der Waals surface area contributed by atoms with Crippen molar-refractivity contribution in [2.45, 2.75) is 6.92 Å². The zero-order valence-electron chi connectivity index (χ0n) is 8.69. The van der Waals surface area contributed by atoms with E-state index >= 15 is 0 Å². The maximum absolute atomic E-state index is 12.0. The van der Waals surface area contributed by atoms with Crippen LogP contribution in [0.1, 0.15) is 15.9 Å². The predicted octanol–water partition coefficient (Wildman–Crippen LogP) is 0.852. The Morgan fingerprint density at radius 2 is 2.00 bits per heavy atom. The number of carbonyl (C=O) groups excluding carboxylic acids is 2. The van der Waals surface area contributed by atoms with Gasteiger partial charge in [0.1, 0.15) is 0 Å². The van der Waals surface area contributed by atoms with E-state index in [-0.39, 0.29) is 23.5 Å². The first-order valence-corrected chi connectivity index (χ1v) is 5.22. The maximum atomic E-state index is 12.0. The van der Waals surface area contributed by atoms with E-state index in [1.165, 1.54) is 0 Å². The molecule has 1 aliphatic rings. The molecule has 0 aliphatic carbocycles. The smallest absolute Gasteiger partial charge is 0.266 e. The number of nitrogens with zero attached hydrogens (tertiary/aromatic N) is 1. The van der Waals surface area contributed by atoms with Gasteiger partial charge < -0.3 is 5.32 Å². The molecule has 1 aliphatic heterocycles. The van der Waals surface area contributed by atoms with Crippen LogP contribution < -0.4 is 5.32 Å². The summed E-state index contributed by atoms with van der Waals surface area (Å²) in [6.07, 6.45) is 0. The minimum atomic E-state index is -0.375. The second kappa shape index (κ2) is 4.02. The summed E-state index contributed by atoms with van der Waals surface area (Å²) in [4.78, 5) is 24.4. The number of hydrogen-bond donors (Lipinski definition) is 1. The monoisotopic (exact) mass is 234 g/mol. The lowest BCUT2D eigenvalue weighted by molar-refractivity contribution is -0.122. The molecule has 5 heteroatoms. The molecule has 4 nitrogen and oxygen atoms in total. The van der Waals surface area contributed by atoms with Crippen LogP contribution in [0, 0.1) is 6.92 Å². The molecule has 0 aromatic heterocycles. The molecule has 0 atom stereocenters. The minimum Gasteiger partial charge on any atom is -0.353 e. The number of rotatable bonds is 1. The lowest BCUT2D eigenvalue weighted by Crippen LogP contribution is -2.36. The second-order valence-corrected chi connectivity index (χ2v) is 3.95. The summed E-state index contributed by atoms with van der Waals surface area (Å²) in [5.74, 6) is -0.685. The van der Waals surface area contributed by atoms with Crippen LogP contribution in [0.2, 0.25) is 0 Å². The Morgan fingerprint density at radius 3 is 2.50 bits per heavy atom. The Labute approximate surface area is 98.2 Å². The number of amides is 2. The SMILES string of the molecule is Cc1ccc(C(=O)N2C(=O)CNC2=S)cc1. The first-order valence-electron chi connectivity index (χ1n) is 4.81. The van der Waals surface area contributed by atoms with Gasteiger partial charge in [-0.2, -0.15) is 0 Å². The quantitative estimate of drug-likeness (QED) is 0.578. The van der Waals surface area contributed by atoms with Gasteiger partial charge in [0.05, 0.1) is 6.54 Å². The van der Waals surface area contributed by atoms with Crippen LogP contribution >= 0.6 is 12.2 Å². The summed E-state index contributed by atoms with van der Waals surface area (Å²) in [6, 6.07) is 7.02. The van der Waals surface area contributed by atoms with Crippen molar-refractivity contribution in [3.8, 4) is 0 Å². The van der Waals surface area contributed by atoms with Crippen LogP contribution in [-0.2, 0) is 4.79 Å². The van der Waals surface area contributed by atoms with Crippen LogP contribution in [0.3, 0.4) is 0 Å². The molecular formula is C11H10N2O2S. The van der Waals surface area contributed by atoms with Gasteiger partial charge in [0.15, 0.2) is 5.11 Å². The van der Waals surface area contributed by atoms with E-state index < -0.39 is 0 Å². The highest BCUT2D eigenvalue weighted by atomic mass is 32.1. The van der Waals surface area contributed by atoms with Gasteiger partial charge in [0.25, 0.3) is 11.8 Å². The van der Waals surface area contributed by atoms with Crippen molar-refractivity contribution < 1.29 is 9.59 Å². The van der Waals surface area contributed by atoms with Crippen molar-refractivity contribution in [2.24, 2.45) is 0 Å². The van der Waals surface area contributed by atoms with Crippen LogP contribution in [0.25, 0.3) is 0 Å². The number of aryl methyl sites for hydroxylation is 1. The Bertz CT molecular complexity index is 451. The van der Waals surface area contributed by atoms with E-state index in [9.17, 15) is 9.59 Å².